The highest BCUT2D eigenvalue weighted by atomic mass is 32.2. The Bertz CT molecular complexity index is 436. The molecule has 0 aliphatic rings. The molecule has 1 aromatic heterocycles. The lowest BCUT2D eigenvalue weighted by Crippen LogP contribution is -1.68. The van der Waals surface area contributed by atoms with E-state index in [4.69, 9.17) is 0 Å². The van der Waals surface area contributed by atoms with Crippen molar-refractivity contribution in [3.63, 3.8) is 0 Å². The van der Waals surface area contributed by atoms with Gasteiger partial charge in [0.1, 0.15) is 0 Å². The van der Waals surface area contributed by atoms with E-state index in [1.807, 2.05) is 18.4 Å². The van der Waals surface area contributed by atoms with Crippen molar-refractivity contribution in [3.8, 4) is 0 Å². The lowest BCUT2D eigenvalue weighted by molar-refractivity contribution is 1.77. The van der Waals surface area contributed by atoms with Gasteiger partial charge in [-0.3, -0.25) is 0 Å². The average Bonchev–Trinajstić information content (AvgIpc) is 2.75. The highest BCUT2D eigenvalue weighted by Crippen LogP contribution is 2.36. The minimum atomic E-state index is 0.949. The van der Waals surface area contributed by atoms with Gasteiger partial charge in [0, 0.05) is 19.6 Å². The fourth-order valence-corrected chi connectivity index (χ4v) is 3.15. The van der Waals surface area contributed by atoms with Crippen LogP contribution >= 0.6 is 35.7 Å². The van der Waals surface area contributed by atoms with E-state index in [2.05, 4.69) is 44.0 Å². The fraction of sp³-hybridized carbons (Fsp3) is 0.0769. The molecular weight excluding hydrogens is 252 g/mol. The minimum absolute atomic E-state index is 0.949. The van der Waals surface area contributed by atoms with Gasteiger partial charge in [0.15, 0.2) is 0 Å². The maximum atomic E-state index is 4.42. The zero-order valence-electron chi connectivity index (χ0n) is 9.14. The molecule has 0 radical (unpaired) electrons. The number of hydrogen-bond acceptors (Lipinski definition) is 3. The molecule has 0 amide bonds. The van der Waals surface area contributed by atoms with Gasteiger partial charge < -0.3 is 0 Å². The molecule has 0 aromatic carbocycles. The van der Waals surface area contributed by atoms with Crippen LogP contribution in [0, 0.1) is 0 Å². The monoisotopic (exact) mass is 266 g/mol. The first kappa shape index (κ1) is 13.4. The highest BCUT2D eigenvalue weighted by Gasteiger charge is 2.05. The number of thioether (sulfide) groups is 1. The number of rotatable bonds is 5. The summed E-state index contributed by atoms with van der Waals surface area (Å²) >= 11 is 7.78. The highest BCUT2D eigenvalue weighted by molar-refractivity contribution is 8.11. The Hall–Kier alpha value is -0.640. The molecule has 0 N–H and O–H groups in total. The summed E-state index contributed by atoms with van der Waals surface area (Å²) in [6, 6.07) is 4.19. The summed E-state index contributed by atoms with van der Waals surface area (Å²) in [4.78, 5) is 4.57. The van der Waals surface area contributed by atoms with Gasteiger partial charge in [-0.25, -0.2) is 0 Å². The molecule has 1 rings (SSSR count). The van der Waals surface area contributed by atoms with Crippen LogP contribution < -0.4 is 0 Å². The first-order chi connectivity index (χ1) is 7.72. The number of thiophene rings is 1. The Kier molecular flexibility index (Phi) is 5.74. The molecule has 0 unspecified atom stereocenters. The van der Waals surface area contributed by atoms with E-state index >= 15 is 0 Å². The van der Waals surface area contributed by atoms with Gasteiger partial charge in [0.05, 0.1) is 0 Å². The van der Waals surface area contributed by atoms with Gasteiger partial charge >= 0.3 is 0 Å². The van der Waals surface area contributed by atoms with E-state index in [1.54, 1.807) is 29.2 Å². The molecule has 84 valence electrons. The Morgan fingerprint density at radius 2 is 2.06 bits per heavy atom. The summed E-state index contributed by atoms with van der Waals surface area (Å²) < 4.78 is 0. The molecule has 0 nitrogen and oxygen atoms in total. The fourth-order valence-electron chi connectivity index (χ4n) is 1.16. The number of allylic oxidation sites excluding steroid dienone is 3. The standard InChI is InChI=1S/C13H14S3/c1-4-7-10(14)12-8-9-13(16-12)11(5-2)15-6-3/h4-9,14H,1,3H2,2H3/b10-7-,11-5-. The van der Waals surface area contributed by atoms with Gasteiger partial charge in [0.25, 0.3) is 0 Å². The summed E-state index contributed by atoms with van der Waals surface area (Å²) in [5.41, 5.74) is 0. The predicted molar refractivity (Wildman–Crippen MR) is 82.9 cm³/mol. The molecule has 0 saturated heterocycles. The van der Waals surface area contributed by atoms with Crippen molar-refractivity contribution in [2.24, 2.45) is 0 Å². The van der Waals surface area contributed by atoms with Crippen LogP contribution in [0.3, 0.4) is 0 Å². The van der Waals surface area contributed by atoms with E-state index in [0.29, 0.717) is 0 Å². The Balaban J connectivity index is 2.98. The maximum Gasteiger partial charge on any atom is 0.0413 e. The molecule has 3 heteroatoms. The van der Waals surface area contributed by atoms with Gasteiger partial charge in [-0.05, 0) is 30.5 Å². The molecule has 0 fully saturated rings. The molecular formula is C13H14S3. The molecule has 0 aliphatic heterocycles. The smallest absolute Gasteiger partial charge is 0.0413 e. The molecule has 0 bridgehead atoms. The number of thiol groups is 1. The van der Waals surface area contributed by atoms with E-state index in [9.17, 15) is 0 Å². The van der Waals surface area contributed by atoms with Crippen molar-refractivity contribution >= 4 is 45.5 Å². The van der Waals surface area contributed by atoms with Crippen LogP contribution in [-0.4, -0.2) is 0 Å². The normalized spacial score (nSPS) is 12.6. The zero-order chi connectivity index (χ0) is 12.0. The Morgan fingerprint density at radius 1 is 1.38 bits per heavy atom. The molecule has 0 spiro atoms. The van der Waals surface area contributed by atoms with Crippen LogP contribution in [0.25, 0.3) is 9.81 Å². The van der Waals surface area contributed by atoms with Gasteiger partial charge in [0.2, 0.25) is 0 Å². The largest absolute Gasteiger partial charge is 0.142 e. The molecule has 1 heterocycles. The van der Waals surface area contributed by atoms with Crippen molar-refractivity contribution in [2.45, 2.75) is 6.92 Å². The first-order valence-corrected chi connectivity index (χ1v) is 6.93. The second-order valence-electron chi connectivity index (χ2n) is 2.89. The zero-order valence-corrected chi connectivity index (χ0v) is 11.7. The second-order valence-corrected chi connectivity index (χ2v) is 5.46. The molecule has 0 saturated carbocycles. The van der Waals surface area contributed by atoms with Crippen LogP contribution in [0.4, 0.5) is 0 Å². The maximum absolute atomic E-state index is 4.42. The topological polar surface area (TPSA) is 0 Å². The van der Waals surface area contributed by atoms with Gasteiger partial charge in [-0.2, -0.15) is 0 Å². The summed E-state index contributed by atoms with van der Waals surface area (Å²) in [6.07, 6.45) is 5.74. The lowest BCUT2D eigenvalue weighted by Gasteiger charge is -1.98. The lowest BCUT2D eigenvalue weighted by atomic mass is 10.3. The van der Waals surface area contributed by atoms with Crippen LogP contribution in [0.1, 0.15) is 16.7 Å². The average molecular weight is 266 g/mol. The van der Waals surface area contributed by atoms with Crippen molar-refractivity contribution < 1.29 is 0 Å². The van der Waals surface area contributed by atoms with E-state index < -0.39 is 0 Å². The predicted octanol–water partition coefficient (Wildman–Crippen LogP) is 5.44. The van der Waals surface area contributed by atoms with Crippen LogP contribution in [0.2, 0.25) is 0 Å². The van der Waals surface area contributed by atoms with Crippen molar-refractivity contribution in [3.05, 3.63) is 58.7 Å². The third-order valence-electron chi connectivity index (χ3n) is 1.85. The summed E-state index contributed by atoms with van der Waals surface area (Å²) in [5.74, 6) is 0. The third-order valence-corrected chi connectivity index (χ3v) is 4.55. The van der Waals surface area contributed by atoms with Crippen LogP contribution in [0.5, 0.6) is 0 Å². The quantitative estimate of drug-likeness (QED) is 0.547. The minimum Gasteiger partial charge on any atom is -0.142 e. The van der Waals surface area contributed by atoms with Crippen molar-refractivity contribution in [2.75, 3.05) is 0 Å². The summed E-state index contributed by atoms with van der Waals surface area (Å²) in [7, 11) is 0. The first-order valence-electron chi connectivity index (χ1n) is 4.79. The molecule has 0 aliphatic carbocycles. The van der Waals surface area contributed by atoms with Crippen LogP contribution in [0.15, 0.2) is 48.9 Å². The summed E-state index contributed by atoms with van der Waals surface area (Å²) in [5, 5.41) is 1.84. The van der Waals surface area contributed by atoms with Crippen LogP contribution in [-0.2, 0) is 0 Å². The van der Waals surface area contributed by atoms with Gasteiger partial charge in [-0.15, -0.1) is 24.0 Å². The van der Waals surface area contributed by atoms with Gasteiger partial charge in [-0.1, -0.05) is 37.1 Å². The SMILES string of the molecule is C=C/C=C(\S)c1ccc(/C(=C/C)SC=C)s1. The number of hydrogen-bond donors (Lipinski definition) is 1. The van der Waals surface area contributed by atoms with E-state index in [1.165, 1.54) is 9.78 Å². The van der Waals surface area contributed by atoms with Crippen molar-refractivity contribution in [1.29, 1.82) is 0 Å². The Morgan fingerprint density at radius 3 is 2.62 bits per heavy atom. The van der Waals surface area contributed by atoms with E-state index in [0.717, 1.165) is 9.78 Å². The Labute approximate surface area is 111 Å². The summed E-state index contributed by atoms with van der Waals surface area (Å²) in [6.45, 7) is 9.43. The second kappa shape index (κ2) is 6.84. The molecule has 0 atom stereocenters. The van der Waals surface area contributed by atoms with E-state index in [-0.39, 0.29) is 0 Å². The van der Waals surface area contributed by atoms with Crippen molar-refractivity contribution in [1.82, 2.24) is 0 Å². The molecule has 1 aromatic rings. The molecule has 16 heavy (non-hydrogen) atoms. The third kappa shape index (κ3) is 3.44.